The third kappa shape index (κ3) is 3.34. The number of hydrogen-bond donors (Lipinski definition) is 1. The first kappa shape index (κ1) is 14.2. The van der Waals surface area contributed by atoms with Crippen molar-refractivity contribution >= 4 is 5.97 Å². The van der Waals surface area contributed by atoms with Gasteiger partial charge in [-0.05, 0) is 19.3 Å². The average Bonchev–Trinajstić information content (AvgIpc) is 2.17. The predicted octanol–water partition coefficient (Wildman–Crippen LogP) is 2.15. The summed E-state index contributed by atoms with van der Waals surface area (Å²) >= 11 is 0. The lowest BCUT2D eigenvalue weighted by Gasteiger charge is -2.33. The van der Waals surface area contributed by atoms with Gasteiger partial charge in [0.25, 0.3) is 0 Å². The van der Waals surface area contributed by atoms with Crippen LogP contribution in [0.25, 0.3) is 0 Å². The molecule has 2 atom stereocenters. The quantitative estimate of drug-likeness (QED) is 0.544. The molecule has 0 spiro atoms. The van der Waals surface area contributed by atoms with Gasteiger partial charge in [-0.2, -0.15) is 0 Å². The van der Waals surface area contributed by atoms with Gasteiger partial charge >= 0.3 is 5.97 Å². The van der Waals surface area contributed by atoms with Gasteiger partial charge < -0.3 is 9.84 Å². The summed E-state index contributed by atoms with van der Waals surface area (Å²) in [5.74, 6) is -0.872. The van der Waals surface area contributed by atoms with E-state index in [1.54, 1.807) is 6.92 Å². The standard InChI is InChI=1S/C12H22O3/c1-6-12(14,7-2)10(9(4)5)11(13)15-8-3/h6,9-10,14H,1,7-8H2,2-5H3. The van der Waals surface area contributed by atoms with Crippen LogP contribution in [0.2, 0.25) is 0 Å². The number of rotatable bonds is 6. The second-order valence-corrected chi connectivity index (χ2v) is 4.02. The maximum Gasteiger partial charge on any atom is 0.312 e. The van der Waals surface area contributed by atoms with Gasteiger partial charge in [-0.1, -0.05) is 26.8 Å². The summed E-state index contributed by atoms with van der Waals surface area (Å²) < 4.78 is 4.97. The molecule has 15 heavy (non-hydrogen) atoms. The Morgan fingerprint density at radius 3 is 2.33 bits per heavy atom. The van der Waals surface area contributed by atoms with E-state index in [2.05, 4.69) is 6.58 Å². The Balaban J connectivity index is 4.94. The van der Waals surface area contributed by atoms with E-state index in [9.17, 15) is 9.90 Å². The van der Waals surface area contributed by atoms with Crippen molar-refractivity contribution in [3.05, 3.63) is 12.7 Å². The predicted molar refractivity (Wildman–Crippen MR) is 60.4 cm³/mol. The lowest BCUT2D eigenvalue weighted by atomic mass is 9.78. The number of hydrogen-bond acceptors (Lipinski definition) is 3. The zero-order valence-corrected chi connectivity index (χ0v) is 10.1. The largest absolute Gasteiger partial charge is 0.466 e. The van der Waals surface area contributed by atoms with Crippen molar-refractivity contribution in [3.8, 4) is 0 Å². The van der Waals surface area contributed by atoms with Crippen LogP contribution in [0.5, 0.6) is 0 Å². The van der Waals surface area contributed by atoms with Gasteiger partial charge in [0.1, 0.15) is 0 Å². The van der Waals surface area contributed by atoms with Crippen molar-refractivity contribution in [1.29, 1.82) is 0 Å². The fraction of sp³-hybridized carbons (Fsp3) is 0.750. The zero-order valence-electron chi connectivity index (χ0n) is 10.1. The van der Waals surface area contributed by atoms with Crippen LogP contribution in [0, 0.1) is 11.8 Å². The van der Waals surface area contributed by atoms with E-state index in [0.29, 0.717) is 13.0 Å². The number of aliphatic hydroxyl groups is 1. The molecular weight excluding hydrogens is 192 g/mol. The van der Waals surface area contributed by atoms with Gasteiger partial charge in [-0.25, -0.2) is 0 Å². The van der Waals surface area contributed by atoms with E-state index in [4.69, 9.17) is 4.74 Å². The highest BCUT2D eigenvalue weighted by molar-refractivity contribution is 5.74. The third-order valence-electron chi connectivity index (χ3n) is 2.67. The van der Waals surface area contributed by atoms with Crippen LogP contribution in [0.1, 0.15) is 34.1 Å². The molecule has 0 saturated heterocycles. The zero-order chi connectivity index (χ0) is 12.1. The molecule has 0 radical (unpaired) electrons. The maximum atomic E-state index is 11.7. The molecule has 0 bridgehead atoms. The summed E-state index contributed by atoms with van der Waals surface area (Å²) in [6.45, 7) is 11.3. The molecule has 0 heterocycles. The van der Waals surface area contributed by atoms with Crippen molar-refractivity contribution < 1.29 is 14.6 Å². The fourth-order valence-electron chi connectivity index (χ4n) is 1.78. The summed E-state index contributed by atoms with van der Waals surface area (Å²) in [5, 5.41) is 10.2. The second-order valence-electron chi connectivity index (χ2n) is 4.02. The molecule has 88 valence electrons. The van der Waals surface area contributed by atoms with Crippen LogP contribution < -0.4 is 0 Å². The summed E-state index contributed by atoms with van der Waals surface area (Å²) in [6.07, 6.45) is 1.90. The van der Waals surface area contributed by atoms with Crippen molar-refractivity contribution in [1.82, 2.24) is 0 Å². The third-order valence-corrected chi connectivity index (χ3v) is 2.67. The summed E-state index contributed by atoms with van der Waals surface area (Å²) in [6, 6.07) is 0. The van der Waals surface area contributed by atoms with E-state index in [-0.39, 0.29) is 11.9 Å². The SMILES string of the molecule is C=CC(O)(CC)C(C(=O)OCC)C(C)C. The highest BCUT2D eigenvalue weighted by atomic mass is 16.5. The van der Waals surface area contributed by atoms with Crippen LogP contribution in [-0.2, 0) is 9.53 Å². The molecule has 3 heteroatoms. The van der Waals surface area contributed by atoms with Crippen LogP contribution in [0.15, 0.2) is 12.7 Å². The molecule has 0 rings (SSSR count). The monoisotopic (exact) mass is 214 g/mol. The maximum absolute atomic E-state index is 11.7. The van der Waals surface area contributed by atoms with Gasteiger partial charge in [0.05, 0.1) is 18.1 Å². The summed E-state index contributed by atoms with van der Waals surface area (Å²) in [4.78, 5) is 11.7. The Morgan fingerprint density at radius 2 is 2.07 bits per heavy atom. The number of carbonyl (C=O) groups excluding carboxylic acids is 1. The van der Waals surface area contributed by atoms with Gasteiger partial charge in [0.15, 0.2) is 0 Å². The minimum Gasteiger partial charge on any atom is -0.466 e. The molecule has 0 aromatic rings. The Kier molecular flexibility index (Phi) is 5.58. The highest BCUT2D eigenvalue weighted by Crippen LogP contribution is 2.30. The molecule has 0 aliphatic heterocycles. The van der Waals surface area contributed by atoms with Crippen LogP contribution in [0.3, 0.4) is 0 Å². The van der Waals surface area contributed by atoms with Gasteiger partial charge in [0.2, 0.25) is 0 Å². The minimum atomic E-state index is -1.17. The molecule has 0 aliphatic carbocycles. The molecule has 0 fully saturated rings. The Bertz CT molecular complexity index is 223. The normalized spacial score (nSPS) is 16.9. The Labute approximate surface area is 92.1 Å². The van der Waals surface area contributed by atoms with Crippen molar-refractivity contribution in [2.24, 2.45) is 11.8 Å². The number of esters is 1. The van der Waals surface area contributed by atoms with Crippen LogP contribution in [-0.4, -0.2) is 23.3 Å². The first-order chi connectivity index (χ1) is 6.92. The molecule has 0 aromatic heterocycles. The Morgan fingerprint density at radius 1 is 1.53 bits per heavy atom. The molecule has 0 aromatic carbocycles. The molecule has 2 unspecified atom stereocenters. The Hall–Kier alpha value is -0.830. The second kappa shape index (κ2) is 5.91. The van der Waals surface area contributed by atoms with E-state index in [1.807, 2.05) is 20.8 Å². The minimum absolute atomic E-state index is 0.0204. The van der Waals surface area contributed by atoms with Crippen LogP contribution >= 0.6 is 0 Å². The summed E-state index contributed by atoms with van der Waals surface area (Å²) in [5.41, 5.74) is -1.17. The molecule has 1 N–H and O–H groups in total. The van der Waals surface area contributed by atoms with Gasteiger partial charge in [-0.3, -0.25) is 4.79 Å². The topological polar surface area (TPSA) is 46.5 Å². The van der Waals surface area contributed by atoms with Crippen LogP contribution in [0.4, 0.5) is 0 Å². The smallest absolute Gasteiger partial charge is 0.312 e. The highest BCUT2D eigenvalue weighted by Gasteiger charge is 2.40. The van der Waals surface area contributed by atoms with Crippen molar-refractivity contribution in [2.75, 3.05) is 6.61 Å². The first-order valence-corrected chi connectivity index (χ1v) is 5.45. The number of ether oxygens (including phenoxy) is 1. The molecule has 0 saturated carbocycles. The lowest BCUT2D eigenvalue weighted by Crippen LogP contribution is -2.44. The van der Waals surface area contributed by atoms with E-state index in [0.717, 1.165) is 0 Å². The van der Waals surface area contributed by atoms with Crippen molar-refractivity contribution in [2.45, 2.75) is 39.7 Å². The lowest BCUT2D eigenvalue weighted by molar-refractivity contribution is -0.158. The molecule has 0 amide bonds. The van der Waals surface area contributed by atoms with Crippen molar-refractivity contribution in [3.63, 3.8) is 0 Å². The molecule has 0 aliphatic rings. The first-order valence-electron chi connectivity index (χ1n) is 5.45. The summed E-state index contributed by atoms with van der Waals surface area (Å²) in [7, 11) is 0. The average molecular weight is 214 g/mol. The van der Waals surface area contributed by atoms with E-state index >= 15 is 0 Å². The fourth-order valence-corrected chi connectivity index (χ4v) is 1.78. The van der Waals surface area contributed by atoms with E-state index < -0.39 is 11.5 Å². The van der Waals surface area contributed by atoms with E-state index in [1.165, 1.54) is 6.08 Å². The number of carbonyl (C=O) groups is 1. The molecule has 3 nitrogen and oxygen atoms in total. The molecular formula is C12H22O3. The van der Waals surface area contributed by atoms with Gasteiger partial charge in [-0.15, -0.1) is 6.58 Å². The van der Waals surface area contributed by atoms with Gasteiger partial charge in [0, 0.05) is 0 Å².